The molecule has 1 heteroatoms. The van der Waals surface area contributed by atoms with E-state index in [1.165, 1.54) is 25.7 Å². The second-order valence-corrected chi connectivity index (χ2v) is 10.7. The van der Waals surface area contributed by atoms with E-state index >= 15 is 0 Å². The summed E-state index contributed by atoms with van der Waals surface area (Å²) in [6.45, 7) is 7.33. The summed E-state index contributed by atoms with van der Waals surface area (Å²) in [5, 5.41) is 0. The molecule has 0 amide bonds. The second-order valence-electron chi connectivity index (χ2n) is 5.35. The molecule has 0 spiro atoms. The van der Waals surface area contributed by atoms with Gasteiger partial charge in [-0.1, -0.05) is 0 Å². The number of rotatable bonds is 3. The predicted molar refractivity (Wildman–Crippen MR) is 64.3 cm³/mol. The van der Waals surface area contributed by atoms with Gasteiger partial charge in [0.2, 0.25) is 0 Å². The van der Waals surface area contributed by atoms with Gasteiger partial charge in [-0.2, -0.15) is 0 Å². The number of hydrogen-bond donors (Lipinski definition) is 0. The van der Waals surface area contributed by atoms with E-state index in [1.807, 2.05) is 0 Å². The van der Waals surface area contributed by atoms with E-state index < -0.39 is 0 Å². The van der Waals surface area contributed by atoms with Crippen molar-refractivity contribution in [2.75, 3.05) is 0 Å². The topological polar surface area (TPSA) is 0 Å². The Hall–Kier alpha value is 0.799. The molecule has 13 heavy (non-hydrogen) atoms. The minimum absolute atomic E-state index is 0.822. The van der Waals surface area contributed by atoms with Crippen LogP contribution in [0.1, 0.15) is 59.3 Å². The SMILES string of the molecule is CC[C]([SnH3])(C(C)C)C1CCCCC1. The molecule has 0 nitrogen and oxygen atoms in total. The van der Waals surface area contributed by atoms with Crippen LogP contribution in [0.25, 0.3) is 0 Å². The zero-order valence-electron chi connectivity index (χ0n) is 9.90. The summed E-state index contributed by atoms with van der Waals surface area (Å²) < 4.78 is 0.822. The van der Waals surface area contributed by atoms with Crippen molar-refractivity contribution in [3.8, 4) is 0 Å². The van der Waals surface area contributed by atoms with Crippen LogP contribution >= 0.6 is 0 Å². The van der Waals surface area contributed by atoms with Gasteiger partial charge in [0, 0.05) is 0 Å². The third kappa shape index (κ3) is 2.64. The van der Waals surface area contributed by atoms with E-state index in [0.717, 1.165) is 37.8 Å². The number of hydrogen-bond acceptors (Lipinski definition) is 0. The Morgan fingerprint density at radius 1 is 1.23 bits per heavy atom. The van der Waals surface area contributed by atoms with Gasteiger partial charge < -0.3 is 0 Å². The van der Waals surface area contributed by atoms with Crippen molar-refractivity contribution in [3.63, 3.8) is 0 Å². The summed E-state index contributed by atoms with van der Waals surface area (Å²) in [6.07, 6.45) is 9.06. The molecule has 1 aliphatic rings. The average molecular weight is 289 g/mol. The van der Waals surface area contributed by atoms with Gasteiger partial charge in [0.15, 0.2) is 0 Å². The first-order valence-corrected chi connectivity index (χ1v) is 8.96. The zero-order chi connectivity index (χ0) is 9.90. The normalized spacial score (nSPS) is 24.9. The molecule has 0 aromatic rings. The van der Waals surface area contributed by atoms with Crippen molar-refractivity contribution in [1.29, 1.82) is 0 Å². The Morgan fingerprint density at radius 2 is 1.77 bits per heavy atom. The fraction of sp³-hybridized carbons (Fsp3) is 1.00. The Bertz CT molecular complexity index is 147. The molecular formula is C12H26Sn. The van der Waals surface area contributed by atoms with Crippen LogP contribution in [0.3, 0.4) is 0 Å². The van der Waals surface area contributed by atoms with E-state index in [0.29, 0.717) is 0 Å². The van der Waals surface area contributed by atoms with E-state index in [1.54, 1.807) is 12.8 Å². The third-order valence-electron chi connectivity index (χ3n) is 4.62. The van der Waals surface area contributed by atoms with Crippen LogP contribution < -0.4 is 0 Å². The van der Waals surface area contributed by atoms with E-state index in [2.05, 4.69) is 20.8 Å². The van der Waals surface area contributed by atoms with Gasteiger partial charge in [0.25, 0.3) is 0 Å². The second kappa shape index (κ2) is 5.04. The molecule has 1 unspecified atom stereocenters. The van der Waals surface area contributed by atoms with E-state index in [-0.39, 0.29) is 0 Å². The molecule has 1 fully saturated rings. The van der Waals surface area contributed by atoms with Crippen molar-refractivity contribution in [3.05, 3.63) is 0 Å². The molecular weight excluding hydrogens is 263 g/mol. The van der Waals surface area contributed by atoms with Crippen LogP contribution in [0.2, 0.25) is 3.43 Å². The standard InChI is InChI=1S/C12H23.Sn.3H/c1-4-12(10(2)3)11-8-6-5-7-9-11;;;;/h10-11H,4-9H2,1-3H3;;;;. The van der Waals surface area contributed by atoms with Crippen molar-refractivity contribution in [2.45, 2.75) is 62.7 Å². The molecule has 0 heterocycles. The van der Waals surface area contributed by atoms with E-state index in [4.69, 9.17) is 0 Å². The molecule has 1 rings (SSSR count). The molecule has 0 radical (unpaired) electrons. The first kappa shape index (κ1) is 11.9. The molecule has 78 valence electrons. The molecule has 1 aliphatic carbocycles. The van der Waals surface area contributed by atoms with Crippen LogP contribution in [-0.2, 0) is 0 Å². The molecule has 1 atom stereocenters. The molecule has 0 bridgehead atoms. The van der Waals surface area contributed by atoms with Crippen molar-refractivity contribution < 1.29 is 0 Å². The quantitative estimate of drug-likeness (QED) is 0.700. The maximum atomic E-state index is 2.45. The Balaban J connectivity index is 2.62. The summed E-state index contributed by atoms with van der Waals surface area (Å²) >= 11 is 0.825. The average Bonchev–Trinajstić information content (AvgIpc) is 2.17. The van der Waals surface area contributed by atoms with Gasteiger partial charge in [-0.05, 0) is 0 Å². The molecule has 0 aromatic heterocycles. The van der Waals surface area contributed by atoms with Crippen LogP contribution in [0.15, 0.2) is 0 Å². The summed E-state index contributed by atoms with van der Waals surface area (Å²) in [5.74, 6) is 2.04. The minimum atomic E-state index is 0.822. The molecule has 0 aliphatic heterocycles. The van der Waals surface area contributed by atoms with Crippen molar-refractivity contribution in [1.82, 2.24) is 0 Å². The Kier molecular flexibility index (Phi) is 4.60. The van der Waals surface area contributed by atoms with Crippen molar-refractivity contribution in [2.24, 2.45) is 11.8 Å². The first-order chi connectivity index (χ1) is 6.11. The molecule has 1 saturated carbocycles. The van der Waals surface area contributed by atoms with Gasteiger partial charge in [0.1, 0.15) is 0 Å². The summed E-state index contributed by atoms with van der Waals surface area (Å²) in [6, 6.07) is 0. The summed E-state index contributed by atoms with van der Waals surface area (Å²) in [4.78, 5) is 0. The fourth-order valence-corrected chi connectivity index (χ4v) is 4.58. The maximum absolute atomic E-state index is 2.45. The van der Waals surface area contributed by atoms with Gasteiger partial charge in [-0.3, -0.25) is 0 Å². The van der Waals surface area contributed by atoms with Gasteiger partial charge in [-0.15, -0.1) is 0 Å². The summed E-state index contributed by atoms with van der Waals surface area (Å²) in [7, 11) is 0. The van der Waals surface area contributed by atoms with E-state index in [9.17, 15) is 0 Å². The van der Waals surface area contributed by atoms with Gasteiger partial charge in [-0.25, -0.2) is 0 Å². The first-order valence-electron chi connectivity index (χ1n) is 6.11. The monoisotopic (exact) mass is 290 g/mol. The zero-order valence-corrected chi connectivity index (χ0v) is 15.6. The predicted octanol–water partition coefficient (Wildman–Crippen LogP) is 3.16. The van der Waals surface area contributed by atoms with Gasteiger partial charge in [0.05, 0.1) is 0 Å². The molecule has 0 saturated heterocycles. The van der Waals surface area contributed by atoms with Crippen molar-refractivity contribution >= 4 is 22.5 Å². The van der Waals surface area contributed by atoms with Crippen LogP contribution in [0, 0.1) is 11.8 Å². The van der Waals surface area contributed by atoms with Crippen LogP contribution in [0.4, 0.5) is 0 Å². The molecule has 0 N–H and O–H groups in total. The fourth-order valence-electron chi connectivity index (χ4n) is 2.93. The molecule has 0 aromatic carbocycles. The van der Waals surface area contributed by atoms with Crippen LogP contribution in [0.5, 0.6) is 0 Å². The Labute approximate surface area is 97.0 Å². The van der Waals surface area contributed by atoms with Crippen LogP contribution in [-0.4, -0.2) is 22.5 Å². The Morgan fingerprint density at radius 3 is 2.15 bits per heavy atom. The van der Waals surface area contributed by atoms with Gasteiger partial charge >= 0.3 is 97.1 Å². The summed E-state index contributed by atoms with van der Waals surface area (Å²) in [5.41, 5.74) is 0. The third-order valence-corrected chi connectivity index (χ3v) is 12.3.